The van der Waals surface area contributed by atoms with Crippen molar-refractivity contribution in [3.8, 4) is 0 Å². The average Bonchev–Trinajstić information content (AvgIpc) is 2.39. The maximum Gasteiger partial charge on any atom is 0.249 e. The number of hydrogen-bond acceptors (Lipinski definition) is 2. The van der Waals surface area contributed by atoms with E-state index < -0.39 is 0 Å². The van der Waals surface area contributed by atoms with Crippen LogP contribution in [0.3, 0.4) is 0 Å². The number of nitrogens with zero attached hydrogens (tertiary/aromatic N) is 1. The summed E-state index contributed by atoms with van der Waals surface area (Å²) < 4.78 is 0. The van der Waals surface area contributed by atoms with Gasteiger partial charge in [0.1, 0.15) is 0 Å². The number of carbonyl (C=O) groups excluding carboxylic acids is 2. The molecule has 0 unspecified atom stereocenters. The van der Waals surface area contributed by atoms with E-state index in [-0.39, 0.29) is 23.8 Å². The van der Waals surface area contributed by atoms with E-state index in [1.54, 1.807) is 0 Å². The Labute approximate surface area is 116 Å². The van der Waals surface area contributed by atoms with Gasteiger partial charge in [-0.05, 0) is 26.2 Å². The molecule has 0 bridgehead atoms. The predicted octanol–water partition coefficient (Wildman–Crippen LogP) is 2.11. The Bertz CT molecular complexity index is 353. The highest BCUT2D eigenvalue weighted by Crippen LogP contribution is 2.14. The molecule has 1 heterocycles. The van der Waals surface area contributed by atoms with Crippen molar-refractivity contribution in [3.63, 3.8) is 0 Å². The molecule has 0 aliphatic carbocycles. The zero-order valence-corrected chi connectivity index (χ0v) is 12.5. The van der Waals surface area contributed by atoms with Crippen LogP contribution in [-0.2, 0) is 9.59 Å². The van der Waals surface area contributed by atoms with Gasteiger partial charge in [-0.25, -0.2) is 0 Å². The highest BCUT2D eigenvalue weighted by Gasteiger charge is 2.24. The van der Waals surface area contributed by atoms with Gasteiger partial charge in [0.25, 0.3) is 0 Å². The lowest BCUT2D eigenvalue weighted by atomic mass is 10.0. The highest BCUT2D eigenvalue weighted by molar-refractivity contribution is 5.92. The van der Waals surface area contributed by atoms with E-state index in [2.05, 4.69) is 5.32 Å². The molecule has 19 heavy (non-hydrogen) atoms. The molecule has 0 radical (unpaired) electrons. The molecule has 1 fully saturated rings. The van der Waals surface area contributed by atoms with Gasteiger partial charge in [0.15, 0.2) is 0 Å². The molecular weight excluding hydrogens is 240 g/mol. The molecular formula is C15H26N2O2. The largest absolute Gasteiger partial charge is 0.353 e. The van der Waals surface area contributed by atoms with Gasteiger partial charge < -0.3 is 10.2 Å². The molecule has 0 aromatic heterocycles. The molecule has 4 heteroatoms. The molecule has 0 spiro atoms. The van der Waals surface area contributed by atoms with Crippen LogP contribution in [0.15, 0.2) is 11.6 Å². The van der Waals surface area contributed by atoms with Gasteiger partial charge in [-0.15, -0.1) is 0 Å². The first-order valence-corrected chi connectivity index (χ1v) is 7.22. The maximum absolute atomic E-state index is 12.1. The topological polar surface area (TPSA) is 49.4 Å². The lowest BCUT2D eigenvalue weighted by Crippen LogP contribution is -2.47. The molecule has 0 saturated carbocycles. The number of likely N-dealkylation sites (tertiary alicyclic amines) is 1. The summed E-state index contributed by atoms with van der Waals surface area (Å²) in [5, 5.41) is 3.04. The van der Waals surface area contributed by atoms with E-state index in [1.807, 2.05) is 38.7 Å². The second-order valence-electron chi connectivity index (χ2n) is 5.53. The van der Waals surface area contributed by atoms with E-state index in [0.717, 1.165) is 37.9 Å². The predicted molar refractivity (Wildman–Crippen MR) is 76.6 cm³/mol. The standard InChI is InChI=1S/C15H26N2O2/c1-5-6-12(4)15(19)17-9-7-13(8-10-17)16-14(18)11(2)3/h6,11,13H,5,7-10H2,1-4H3,(H,16,18). The summed E-state index contributed by atoms with van der Waals surface area (Å²) >= 11 is 0. The summed E-state index contributed by atoms with van der Waals surface area (Å²) in [6.07, 6.45) is 4.56. The Morgan fingerprint density at radius 1 is 1.32 bits per heavy atom. The highest BCUT2D eigenvalue weighted by atomic mass is 16.2. The number of allylic oxidation sites excluding steroid dienone is 1. The van der Waals surface area contributed by atoms with Gasteiger partial charge in [0, 0.05) is 30.6 Å². The summed E-state index contributed by atoms with van der Waals surface area (Å²) in [4.78, 5) is 25.6. The molecule has 0 atom stereocenters. The summed E-state index contributed by atoms with van der Waals surface area (Å²) in [5.41, 5.74) is 0.826. The number of rotatable bonds is 4. The van der Waals surface area contributed by atoms with Crippen molar-refractivity contribution in [2.24, 2.45) is 5.92 Å². The fourth-order valence-corrected chi connectivity index (χ4v) is 2.24. The molecule has 4 nitrogen and oxygen atoms in total. The van der Waals surface area contributed by atoms with Crippen molar-refractivity contribution in [2.45, 2.75) is 53.0 Å². The van der Waals surface area contributed by atoms with Crippen LogP contribution in [0, 0.1) is 5.92 Å². The van der Waals surface area contributed by atoms with Crippen LogP contribution in [0.5, 0.6) is 0 Å². The van der Waals surface area contributed by atoms with E-state index in [1.165, 1.54) is 0 Å². The zero-order chi connectivity index (χ0) is 14.4. The summed E-state index contributed by atoms with van der Waals surface area (Å²) in [6.45, 7) is 9.16. The van der Waals surface area contributed by atoms with Gasteiger partial charge in [0.05, 0.1) is 0 Å². The van der Waals surface area contributed by atoms with Crippen molar-refractivity contribution in [1.29, 1.82) is 0 Å². The molecule has 1 aliphatic heterocycles. The van der Waals surface area contributed by atoms with Crippen LogP contribution in [-0.4, -0.2) is 35.8 Å². The van der Waals surface area contributed by atoms with Gasteiger partial charge in [-0.1, -0.05) is 26.8 Å². The van der Waals surface area contributed by atoms with E-state index in [0.29, 0.717) is 0 Å². The lowest BCUT2D eigenvalue weighted by molar-refractivity contribution is -0.128. The van der Waals surface area contributed by atoms with Gasteiger partial charge in [-0.3, -0.25) is 9.59 Å². The Hall–Kier alpha value is -1.32. The third kappa shape index (κ3) is 4.69. The Balaban J connectivity index is 2.43. The fraction of sp³-hybridized carbons (Fsp3) is 0.733. The number of nitrogens with one attached hydrogen (secondary N) is 1. The first-order chi connectivity index (χ1) is 8.95. The third-order valence-corrected chi connectivity index (χ3v) is 3.50. The lowest BCUT2D eigenvalue weighted by Gasteiger charge is -2.33. The van der Waals surface area contributed by atoms with Crippen molar-refractivity contribution in [2.75, 3.05) is 13.1 Å². The quantitative estimate of drug-likeness (QED) is 0.792. The Morgan fingerprint density at radius 3 is 2.37 bits per heavy atom. The number of carbonyl (C=O) groups is 2. The summed E-state index contributed by atoms with van der Waals surface area (Å²) in [7, 11) is 0. The smallest absolute Gasteiger partial charge is 0.249 e. The first kappa shape index (κ1) is 15.7. The van der Waals surface area contributed by atoms with Crippen LogP contribution in [0.4, 0.5) is 0 Å². The molecule has 2 amide bonds. The minimum Gasteiger partial charge on any atom is -0.353 e. The zero-order valence-electron chi connectivity index (χ0n) is 12.5. The molecule has 1 rings (SSSR count). The first-order valence-electron chi connectivity index (χ1n) is 7.22. The van der Waals surface area contributed by atoms with Gasteiger partial charge >= 0.3 is 0 Å². The van der Waals surface area contributed by atoms with Crippen molar-refractivity contribution in [3.05, 3.63) is 11.6 Å². The normalized spacial score (nSPS) is 17.7. The van der Waals surface area contributed by atoms with E-state index >= 15 is 0 Å². The van der Waals surface area contributed by atoms with Crippen molar-refractivity contribution >= 4 is 11.8 Å². The second kappa shape index (κ2) is 7.31. The van der Waals surface area contributed by atoms with Crippen molar-refractivity contribution in [1.82, 2.24) is 10.2 Å². The second-order valence-corrected chi connectivity index (χ2v) is 5.53. The number of piperidine rings is 1. The van der Waals surface area contributed by atoms with Crippen LogP contribution in [0.1, 0.15) is 47.0 Å². The molecule has 0 aromatic rings. The minimum absolute atomic E-state index is 0.0226. The molecule has 1 saturated heterocycles. The van der Waals surface area contributed by atoms with Crippen LogP contribution < -0.4 is 5.32 Å². The van der Waals surface area contributed by atoms with E-state index in [4.69, 9.17) is 0 Å². The fourth-order valence-electron chi connectivity index (χ4n) is 2.24. The summed E-state index contributed by atoms with van der Waals surface area (Å²) in [5.74, 6) is 0.261. The SMILES string of the molecule is CCC=C(C)C(=O)N1CCC(NC(=O)C(C)C)CC1. The Kier molecular flexibility index (Phi) is 6.06. The minimum atomic E-state index is 0.0226. The summed E-state index contributed by atoms with van der Waals surface area (Å²) in [6, 6.07) is 0.217. The van der Waals surface area contributed by atoms with Crippen LogP contribution in [0.2, 0.25) is 0 Å². The van der Waals surface area contributed by atoms with Gasteiger partial charge in [0.2, 0.25) is 11.8 Å². The third-order valence-electron chi connectivity index (χ3n) is 3.50. The molecule has 1 aliphatic rings. The molecule has 1 N–H and O–H groups in total. The molecule has 108 valence electrons. The molecule has 0 aromatic carbocycles. The van der Waals surface area contributed by atoms with Crippen molar-refractivity contribution < 1.29 is 9.59 Å². The monoisotopic (exact) mass is 266 g/mol. The van der Waals surface area contributed by atoms with Gasteiger partial charge in [-0.2, -0.15) is 0 Å². The Morgan fingerprint density at radius 2 is 1.89 bits per heavy atom. The number of hydrogen-bond donors (Lipinski definition) is 1. The van der Waals surface area contributed by atoms with Crippen LogP contribution in [0.25, 0.3) is 0 Å². The average molecular weight is 266 g/mol. The van der Waals surface area contributed by atoms with E-state index in [9.17, 15) is 9.59 Å². The number of amides is 2. The van der Waals surface area contributed by atoms with Crippen LogP contribution >= 0.6 is 0 Å². The maximum atomic E-state index is 12.1.